The Morgan fingerprint density at radius 2 is 2.00 bits per heavy atom. The Hall–Kier alpha value is -1.50. The van der Waals surface area contributed by atoms with Gasteiger partial charge in [-0.05, 0) is 24.5 Å². The summed E-state index contributed by atoms with van der Waals surface area (Å²) in [4.78, 5) is 14.3. The molecule has 1 atom stereocenters. The van der Waals surface area contributed by atoms with Crippen molar-refractivity contribution < 1.29 is 22.0 Å². The van der Waals surface area contributed by atoms with E-state index in [-0.39, 0.29) is 36.1 Å². The van der Waals surface area contributed by atoms with Crippen molar-refractivity contribution in [1.82, 2.24) is 4.90 Å². The van der Waals surface area contributed by atoms with E-state index >= 15 is 0 Å². The van der Waals surface area contributed by atoms with Crippen molar-refractivity contribution in [2.75, 3.05) is 12.3 Å². The van der Waals surface area contributed by atoms with Crippen molar-refractivity contribution in [3.63, 3.8) is 0 Å². The van der Waals surface area contributed by atoms with E-state index in [0.29, 0.717) is 18.4 Å². The normalized spacial score (nSPS) is 26.2. The van der Waals surface area contributed by atoms with Crippen LogP contribution in [-0.2, 0) is 21.2 Å². The van der Waals surface area contributed by atoms with Gasteiger partial charge in [-0.15, -0.1) is 0 Å². The zero-order chi connectivity index (χ0) is 16.7. The van der Waals surface area contributed by atoms with Gasteiger partial charge in [-0.25, -0.2) is 17.2 Å². The van der Waals surface area contributed by atoms with Crippen LogP contribution in [0, 0.1) is 5.92 Å². The number of rotatable bonds is 1. The average molecular weight is 343 g/mol. The molecule has 0 saturated heterocycles. The summed E-state index contributed by atoms with van der Waals surface area (Å²) in [6, 6.07) is 6.58. The first-order valence-corrected chi connectivity index (χ1v) is 9.41. The third-order valence-corrected chi connectivity index (χ3v) is 6.39. The highest BCUT2D eigenvalue weighted by molar-refractivity contribution is 7.91. The summed E-state index contributed by atoms with van der Waals surface area (Å²) in [6.07, 6.45) is 0.163. The van der Waals surface area contributed by atoms with Gasteiger partial charge in [0.2, 0.25) is 11.8 Å². The summed E-state index contributed by atoms with van der Waals surface area (Å²) in [5.41, 5.74) is 0.556. The van der Waals surface area contributed by atoms with Crippen LogP contribution in [0.5, 0.6) is 0 Å². The van der Waals surface area contributed by atoms with E-state index in [2.05, 4.69) is 0 Å². The second-order valence-electron chi connectivity index (χ2n) is 6.34. The maximum atomic E-state index is 13.6. The second-order valence-corrected chi connectivity index (χ2v) is 8.41. The van der Waals surface area contributed by atoms with Gasteiger partial charge in [-0.2, -0.15) is 0 Å². The van der Waals surface area contributed by atoms with E-state index in [1.165, 1.54) is 11.0 Å². The minimum Gasteiger partial charge on any atom is -0.337 e. The third-order valence-electron chi connectivity index (χ3n) is 4.60. The molecule has 1 saturated carbocycles. The number of amides is 1. The summed E-state index contributed by atoms with van der Waals surface area (Å²) in [5, 5.41) is 0. The monoisotopic (exact) mass is 343 g/mol. The molecule has 1 aromatic carbocycles. The largest absolute Gasteiger partial charge is 0.337 e. The second kappa shape index (κ2) is 5.85. The summed E-state index contributed by atoms with van der Waals surface area (Å²) in [6.45, 7) is 0.216. The topological polar surface area (TPSA) is 54.5 Å². The van der Waals surface area contributed by atoms with Crippen LogP contribution in [0.2, 0.25) is 0 Å². The van der Waals surface area contributed by atoms with Crippen molar-refractivity contribution >= 4 is 15.7 Å². The standard InChI is InChI=1S/C16H19F2NO3S/c17-16(18)7-3-5-12(10-16)15(20)19-8-9-23(21,22)14-6-2-1-4-13(14)11-19/h1-2,4,6,12H,3,5,7-11H2. The lowest BCUT2D eigenvalue weighted by atomic mass is 9.85. The summed E-state index contributed by atoms with van der Waals surface area (Å²) >= 11 is 0. The fraction of sp³-hybridized carbons (Fsp3) is 0.562. The molecule has 126 valence electrons. The molecule has 1 heterocycles. The van der Waals surface area contributed by atoms with E-state index < -0.39 is 28.1 Å². The zero-order valence-electron chi connectivity index (χ0n) is 12.7. The first-order valence-electron chi connectivity index (χ1n) is 7.76. The van der Waals surface area contributed by atoms with Gasteiger partial charge >= 0.3 is 0 Å². The molecule has 2 aliphatic rings. The summed E-state index contributed by atoms with van der Waals surface area (Å²) in [7, 11) is -3.44. The molecular formula is C16H19F2NO3S. The molecule has 0 bridgehead atoms. The van der Waals surface area contributed by atoms with Gasteiger partial charge in [0.15, 0.2) is 9.84 Å². The molecule has 1 aromatic rings. The molecule has 4 nitrogen and oxygen atoms in total. The quantitative estimate of drug-likeness (QED) is 0.788. The number of hydrogen-bond acceptors (Lipinski definition) is 3. The number of hydrogen-bond donors (Lipinski definition) is 0. The fourth-order valence-corrected chi connectivity index (χ4v) is 4.89. The highest BCUT2D eigenvalue weighted by Gasteiger charge is 2.41. The van der Waals surface area contributed by atoms with Gasteiger partial charge in [0.25, 0.3) is 0 Å². The average Bonchev–Trinajstić information content (AvgIpc) is 2.62. The molecule has 7 heteroatoms. The summed E-state index contributed by atoms with van der Waals surface area (Å²) in [5.74, 6) is -4.03. The van der Waals surface area contributed by atoms with Gasteiger partial charge in [-0.1, -0.05) is 18.2 Å². The number of carbonyl (C=O) groups is 1. The van der Waals surface area contributed by atoms with E-state index in [1.54, 1.807) is 18.2 Å². The first kappa shape index (κ1) is 16.4. The number of halogens is 2. The Balaban J connectivity index is 1.84. The molecule has 0 spiro atoms. The van der Waals surface area contributed by atoms with E-state index in [4.69, 9.17) is 0 Å². The number of fused-ring (bicyclic) bond motifs is 1. The Bertz CT molecular complexity index is 718. The molecule has 1 unspecified atom stereocenters. The van der Waals surface area contributed by atoms with Crippen LogP contribution in [0.4, 0.5) is 8.78 Å². The van der Waals surface area contributed by atoms with Gasteiger partial charge in [0.1, 0.15) is 0 Å². The van der Waals surface area contributed by atoms with Crippen LogP contribution in [0.3, 0.4) is 0 Å². The summed E-state index contributed by atoms with van der Waals surface area (Å²) < 4.78 is 51.7. The Kier molecular flexibility index (Phi) is 4.16. The maximum absolute atomic E-state index is 13.6. The van der Waals surface area contributed by atoms with Crippen molar-refractivity contribution in [2.45, 2.75) is 43.0 Å². The van der Waals surface area contributed by atoms with Gasteiger partial charge in [-0.3, -0.25) is 4.79 Å². The number of nitrogens with zero attached hydrogens (tertiary/aromatic N) is 1. The molecule has 0 aromatic heterocycles. The Morgan fingerprint density at radius 3 is 2.74 bits per heavy atom. The lowest BCUT2D eigenvalue weighted by Gasteiger charge is -2.32. The Labute approximate surface area is 134 Å². The number of sulfone groups is 1. The smallest absolute Gasteiger partial charge is 0.248 e. The van der Waals surface area contributed by atoms with Crippen molar-refractivity contribution in [1.29, 1.82) is 0 Å². The minimum absolute atomic E-state index is 0.0535. The molecule has 3 rings (SSSR count). The minimum atomic E-state index is -3.44. The number of alkyl halides is 2. The third kappa shape index (κ3) is 3.39. The van der Waals surface area contributed by atoms with Crippen LogP contribution >= 0.6 is 0 Å². The number of benzene rings is 1. The van der Waals surface area contributed by atoms with Crippen LogP contribution in [0.15, 0.2) is 29.2 Å². The van der Waals surface area contributed by atoms with Crippen LogP contribution in [0.25, 0.3) is 0 Å². The molecule has 23 heavy (non-hydrogen) atoms. The maximum Gasteiger partial charge on any atom is 0.248 e. The van der Waals surface area contributed by atoms with E-state index in [0.717, 1.165) is 0 Å². The molecule has 1 aliphatic heterocycles. The molecule has 1 amide bonds. The van der Waals surface area contributed by atoms with E-state index in [1.807, 2.05) is 0 Å². The lowest BCUT2D eigenvalue weighted by molar-refractivity contribution is -0.143. The SMILES string of the molecule is O=C(C1CCCC(F)(F)C1)N1CCS(=O)(=O)c2ccccc2C1. The molecule has 0 radical (unpaired) electrons. The zero-order valence-corrected chi connectivity index (χ0v) is 13.5. The Morgan fingerprint density at radius 1 is 1.26 bits per heavy atom. The molecule has 1 fully saturated rings. The molecular weight excluding hydrogens is 324 g/mol. The van der Waals surface area contributed by atoms with Gasteiger partial charge < -0.3 is 4.90 Å². The predicted octanol–water partition coefficient (Wildman–Crippen LogP) is 2.63. The van der Waals surface area contributed by atoms with Crippen molar-refractivity contribution in [3.05, 3.63) is 29.8 Å². The highest BCUT2D eigenvalue weighted by atomic mass is 32.2. The number of carbonyl (C=O) groups excluding carboxylic acids is 1. The van der Waals surface area contributed by atoms with E-state index in [9.17, 15) is 22.0 Å². The van der Waals surface area contributed by atoms with Crippen molar-refractivity contribution in [2.24, 2.45) is 5.92 Å². The first-order chi connectivity index (χ1) is 10.8. The van der Waals surface area contributed by atoms with Crippen LogP contribution in [-0.4, -0.2) is 37.4 Å². The highest BCUT2D eigenvalue weighted by Crippen LogP contribution is 2.38. The van der Waals surface area contributed by atoms with Crippen LogP contribution < -0.4 is 0 Å². The molecule has 1 aliphatic carbocycles. The molecule has 0 N–H and O–H groups in total. The van der Waals surface area contributed by atoms with Gasteiger partial charge in [0, 0.05) is 31.8 Å². The lowest BCUT2D eigenvalue weighted by Crippen LogP contribution is -2.41. The fourth-order valence-electron chi connectivity index (χ4n) is 3.39. The predicted molar refractivity (Wildman–Crippen MR) is 80.8 cm³/mol. The van der Waals surface area contributed by atoms with Gasteiger partial charge in [0.05, 0.1) is 10.6 Å². The van der Waals surface area contributed by atoms with Crippen molar-refractivity contribution in [3.8, 4) is 0 Å². The van der Waals surface area contributed by atoms with Crippen LogP contribution in [0.1, 0.15) is 31.2 Å².